The molecule has 1 atom stereocenters. The first-order valence-corrected chi connectivity index (χ1v) is 10.2. The zero-order valence-corrected chi connectivity index (χ0v) is 16.4. The van der Waals surface area contributed by atoms with E-state index in [1.54, 1.807) is 41.8 Å². The molecule has 0 fully saturated rings. The molecule has 29 heavy (non-hydrogen) atoms. The molecule has 4 nitrogen and oxygen atoms in total. The van der Waals surface area contributed by atoms with Crippen molar-refractivity contribution in [3.63, 3.8) is 0 Å². The molecule has 6 heteroatoms. The number of ether oxygens (including phenoxy) is 1. The molecule has 0 saturated carbocycles. The van der Waals surface area contributed by atoms with E-state index in [4.69, 9.17) is 4.74 Å². The molecule has 0 N–H and O–H groups in total. The minimum Gasteiger partial charge on any atom is -0.451 e. The Morgan fingerprint density at radius 3 is 2.72 bits per heavy atom. The summed E-state index contributed by atoms with van der Waals surface area (Å²) in [6.45, 7) is 0. The van der Waals surface area contributed by atoms with Crippen LogP contribution in [0.1, 0.15) is 35.2 Å². The Bertz CT molecular complexity index is 1080. The van der Waals surface area contributed by atoms with Crippen LogP contribution in [0, 0.1) is 5.82 Å². The van der Waals surface area contributed by atoms with Crippen molar-refractivity contribution in [3.8, 4) is 0 Å². The number of rotatable bonds is 7. The highest BCUT2D eigenvalue weighted by Gasteiger charge is 2.20. The number of carbonyl (C=O) groups excluding carboxylic acids is 1. The second-order valence-corrected chi connectivity index (χ2v) is 7.72. The van der Waals surface area contributed by atoms with E-state index in [0.29, 0.717) is 24.1 Å². The highest BCUT2D eigenvalue weighted by atomic mass is 32.1. The largest absolute Gasteiger partial charge is 0.451 e. The number of halogens is 1. The lowest BCUT2D eigenvalue weighted by atomic mass is 10.1. The average molecular weight is 406 g/mol. The quantitative estimate of drug-likeness (QED) is 0.381. The summed E-state index contributed by atoms with van der Waals surface area (Å²) in [4.78, 5) is 21.4. The number of aryl methyl sites for hydroxylation is 1. The first kappa shape index (κ1) is 19.2. The SMILES string of the molecule is O=C(CCCc1nc2ccccc2s1)OC(c1cccc(F)c1)c1ccccn1. The molecule has 0 saturated heterocycles. The van der Waals surface area contributed by atoms with E-state index in [1.165, 1.54) is 12.1 Å². The Balaban J connectivity index is 1.41. The third kappa shape index (κ3) is 4.84. The molecule has 0 bridgehead atoms. The number of hydrogen-bond acceptors (Lipinski definition) is 5. The second-order valence-electron chi connectivity index (χ2n) is 6.61. The van der Waals surface area contributed by atoms with Crippen LogP contribution < -0.4 is 0 Å². The van der Waals surface area contributed by atoms with Gasteiger partial charge in [0.05, 0.1) is 20.9 Å². The van der Waals surface area contributed by atoms with Crippen LogP contribution in [0.25, 0.3) is 10.2 Å². The predicted octanol–water partition coefficient (Wildman–Crippen LogP) is 5.49. The van der Waals surface area contributed by atoms with Crippen LogP contribution in [0.4, 0.5) is 4.39 Å². The molecule has 0 aliphatic carbocycles. The third-order valence-electron chi connectivity index (χ3n) is 4.47. The van der Waals surface area contributed by atoms with E-state index in [2.05, 4.69) is 9.97 Å². The fraction of sp³-hybridized carbons (Fsp3) is 0.174. The van der Waals surface area contributed by atoms with Crippen LogP contribution in [0.5, 0.6) is 0 Å². The summed E-state index contributed by atoms with van der Waals surface area (Å²) in [5, 5.41) is 1.01. The summed E-state index contributed by atoms with van der Waals surface area (Å²) < 4.78 is 20.5. The average Bonchev–Trinajstić information content (AvgIpc) is 3.15. The van der Waals surface area contributed by atoms with Gasteiger partial charge in [0, 0.05) is 18.2 Å². The maximum Gasteiger partial charge on any atom is 0.306 e. The summed E-state index contributed by atoms with van der Waals surface area (Å²) in [6, 6.07) is 19.4. The molecular formula is C23H19FN2O2S. The lowest BCUT2D eigenvalue weighted by Crippen LogP contribution is -2.14. The van der Waals surface area contributed by atoms with Crippen LogP contribution >= 0.6 is 11.3 Å². The minimum absolute atomic E-state index is 0.259. The number of carbonyl (C=O) groups is 1. The van der Waals surface area contributed by atoms with Crippen LogP contribution in [0.15, 0.2) is 72.9 Å². The fourth-order valence-electron chi connectivity index (χ4n) is 3.10. The number of hydrogen-bond donors (Lipinski definition) is 0. The predicted molar refractivity (Wildman–Crippen MR) is 111 cm³/mol. The van der Waals surface area contributed by atoms with Crippen molar-refractivity contribution < 1.29 is 13.9 Å². The number of esters is 1. The van der Waals surface area contributed by atoms with Gasteiger partial charge in [-0.15, -0.1) is 11.3 Å². The number of fused-ring (bicyclic) bond motifs is 1. The second kappa shape index (κ2) is 8.92. The summed E-state index contributed by atoms with van der Waals surface area (Å²) in [5.41, 5.74) is 2.11. The Labute approximate surface area is 172 Å². The van der Waals surface area contributed by atoms with Gasteiger partial charge >= 0.3 is 5.97 Å². The molecule has 4 aromatic rings. The molecule has 0 radical (unpaired) electrons. The molecule has 2 aromatic heterocycles. The van der Waals surface area contributed by atoms with Crippen molar-refractivity contribution in [1.82, 2.24) is 9.97 Å². The molecule has 1 unspecified atom stereocenters. The van der Waals surface area contributed by atoms with Crippen molar-refractivity contribution >= 4 is 27.5 Å². The van der Waals surface area contributed by atoms with Gasteiger partial charge in [-0.25, -0.2) is 9.37 Å². The molecule has 2 aromatic carbocycles. The normalized spacial score (nSPS) is 12.0. The minimum atomic E-state index is -0.734. The smallest absolute Gasteiger partial charge is 0.306 e. The van der Waals surface area contributed by atoms with Gasteiger partial charge in [0.15, 0.2) is 6.10 Å². The number of benzene rings is 2. The van der Waals surface area contributed by atoms with E-state index < -0.39 is 6.10 Å². The highest BCUT2D eigenvalue weighted by Crippen LogP contribution is 2.26. The van der Waals surface area contributed by atoms with Gasteiger partial charge in [0.2, 0.25) is 0 Å². The lowest BCUT2D eigenvalue weighted by molar-refractivity contribution is -0.147. The molecule has 0 aliphatic heterocycles. The van der Waals surface area contributed by atoms with Crippen LogP contribution in [-0.4, -0.2) is 15.9 Å². The summed E-state index contributed by atoms with van der Waals surface area (Å²) in [5.74, 6) is -0.721. The molecule has 2 heterocycles. The summed E-state index contributed by atoms with van der Waals surface area (Å²) in [7, 11) is 0. The summed E-state index contributed by atoms with van der Waals surface area (Å²) >= 11 is 1.64. The maximum absolute atomic E-state index is 13.7. The number of nitrogens with zero attached hydrogens (tertiary/aromatic N) is 2. The maximum atomic E-state index is 13.7. The topological polar surface area (TPSA) is 52.1 Å². The van der Waals surface area contributed by atoms with Crippen molar-refractivity contribution in [2.75, 3.05) is 0 Å². The summed E-state index contributed by atoms with van der Waals surface area (Å²) in [6.07, 6.45) is 2.50. The van der Waals surface area contributed by atoms with Gasteiger partial charge < -0.3 is 4.74 Å². The zero-order chi connectivity index (χ0) is 20.1. The standard InChI is InChI=1S/C23H19FN2O2S/c24-17-8-5-7-16(15-17)23(19-10-3-4-14-25-19)28-22(27)13-6-12-21-26-18-9-1-2-11-20(18)29-21/h1-5,7-11,14-15,23H,6,12-13H2. The van der Waals surface area contributed by atoms with Crippen LogP contribution in [-0.2, 0) is 16.0 Å². The Morgan fingerprint density at radius 2 is 1.93 bits per heavy atom. The van der Waals surface area contributed by atoms with E-state index in [-0.39, 0.29) is 18.2 Å². The van der Waals surface area contributed by atoms with Crippen molar-refractivity contribution in [2.45, 2.75) is 25.4 Å². The molecule has 146 valence electrons. The first-order chi connectivity index (χ1) is 14.2. The van der Waals surface area contributed by atoms with Crippen LogP contribution in [0.2, 0.25) is 0 Å². The Kier molecular flexibility index (Phi) is 5.91. The highest BCUT2D eigenvalue weighted by molar-refractivity contribution is 7.18. The fourth-order valence-corrected chi connectivity index (χ4v) is 4.11. The van der Waals surface area contributed by atoms with Crippen molar-refractivity contribution in [3.05, 3.63) is 95.0 Å². The Morgan fingerprint density at radius 1 is 1.07 bits per heavy atom. The molecule has 4 rings (SSSR count). The van der Waals surface area contributed by atoms with E-state index in [1.807, 2.05) is 30.3 Å². The van der Waals surface area contributed by atoms with Gasteiger partial charge in [-0.1, -0.05) is 30.3 Å². The molecule has 0 amide bonds. The van der Waals surface area contributed by atoms with Gasteiger partial charge in [0.1, 0.15) is 5.82 Å². The van der Waals surface area contributed by atoms with Gasteiger partial charge in [-0.05, 0) is 49.2 Å². The van der Waals surface area contributed by atoms with Crippen LogP contribution in [0.3, 0.4) is 0 Å². The number of para-hydroxylation sites is 1. The van der Waals surface area contributed by atoms with E-state index >= 15 is 0 Å². The van der Waals surface area contributed by atoms with Gasteiger partial charge in [-0.2, -0.15) is 0 Å². The van der Waals surface area contributed by atoms with E-state index in [0.717, 1.165) is 15.2 Å². The monoisotopic (exact) mass is 406 g/mol. The Hall–Kier alpha value is -3.12. The van der Waals surface area contributed by atoms with E-state index in [9.17, 15) is 9.18 Å². The number of thiazole rings is 1. The lowest BCUT2D eigenvalue weighted by Gasteiger charge is -2.18. The zero-order valence-electron chi connectivity index (χ0n) is 15.6. The first-order valence-electron chi connectivity index (χ1n) is 9.39. The number of pyridine rings is 1. The van der Waals surface area contributed by atoms with Gasteiger partial charge in [0.25, 0.3) is 0 Å². The van der Waals surface area contributed by atoms with Crippen molar-refractivity contribution in [1.29, 1.82) is 0 Å². The van der Waals surface area contributed by atoms with Crippen molar-refractivity contribution in [2.24, 2.45) is 0 Å². The third-order valence-corrected chi connectivity index (χ3v) is 5.56. The molecular weight excluding hydrogens is 387 g/mol. The molecule has 0 aliphatic rings. The number of aromatic nitrogens is 2. The van der Waals surface area contributed by atoms with Gasteiger partial charge in [-0.3, -0.25) is 9.78 Å². The molecule has 0 spiro atoms.